The Bertz CT molecular complexity index is 542. The molecule has 2 rings (SSSR count). The lowest BCUT2D eigenvalue weighted by molar-refractivity contribution is -0.123. The molecule has 0 unspecified atom stereocenters. The molecule has 6 nitrogen and oxygen atoms in total. The lowest BCUT2D eigenvalue weighted by Gasteiger charge is -2.09. The molecule has 1 aliphatic rings. The van der Waals surface area contributed by atoms with Crippen LogP contribution in [0.3, 0.4) is 0 Å². The molecule has 24 heavy (non-hydrogen) atoms. The zero-order chi connectivity index (χ0) is 16.7. The van der Waals surface area contributed by atoms with Crippen molar-refractivity contribution in [1.29, 1.82) is 0 Å². The van der Waals surface area contributed by atoms with E-state index in [0.717, 1.165) is 24.8 Å². The standard InChI is InChI=1S/C17H26N4O2.HI/c1-12(2)20-17(18)19-10-9-13-3-7-15(8-4-13)23-11-16(22)21-14-5-6-14;/h3-4,7-8,12,14H,5-6,9-11H2,1-2H3,(H,21,22)(H3,18,19,20);1H. The number of carbonyl (C=O) groups excluding carboxylic acids is 1. The highest BCUT2D eigenvalue weighted by atomic mass is 127. The van der Waals surface area contributed by atoms with Crippen LogP contribution in [0.25, 0.3) is 0 Å². The van der Waals surface area contributed by atoms with Crippen LogP contribution in [0.15, 0.2) is 29.3 Å². The molecule has 0 radical (unpaired) electrons. The first-order valence-electron chi connectivity index (χ1n) is 8.10. The number of rotatable bonds is 8. The maximum atomic E-state index is 11.5. The van der Waals surface area contributed by atoms with E-state index >= 15 is 0 Å². The molecular formula is C17H27IN4O2. The van der Waals surface area contributed by atoms with Crippen molar-refractivity contribution in [2.45, 2.75) is 45.2 Å². The summed E-state index contributed by atoms with van der Waals surface area (Å²) in [6.07, 6.45) is 2.98. The number of benzene rings is 1. The highest BCUT2D eigenvalue weighted by Crippen LogP contribution is 2.18. The van der Waals surface area contributed by atoms with Gasteiger partial charge in [-0.1, -0.05) is 12.1 Å². The molecule has 0 bridgehead atoms. The van der Waals surface area contributed by atoms with Crippen LogP contribution in [0.2, 0.25) is 0 Å². The fourth-order valence-electron chi connectivity index (χ4n) is 2.05. The third-order valence-corrected chi connectivity index (χ3v) is 3.35. The lowest BCUT2D eigenvalue weighted by atomic mass is 10.1. The van der Waals surface area contributed by atoms with Crippen LogP contribution in [-0.2, 0) is 11.2 Å². The molecule has 1 amide bonds. The first kappa shape index (κ1) is 20.5. The normalized spacial score (nSPS) is 14.0. The first-order chi connectivity index (χ1) is 11.0. The summed E-state index contributed by atoms with van der Waals surface area (Å²) in [7, 11) is 0. The van der Waals surface area contributed by atoms with Crippen molar-refractivity contribution in [2.75, 3.05) is 13.2 Å². The summed E-state index contributed by atoms with van der Waals surface area (Å²) >= 11 is 0. The number of hydrogen-bond acceptors (Lipinski definition) is 3. The van der Waals surface area contributed by atoms with Gasteiger partial charge in [0.2, 0.25) is 0 Å². The molecule has 1 fully saturated rings. The van der Waals surface area contributed by atoms with Gasteiger partial charge in [0.1, 0.15) is 5.75 Å². The third-order valence-electron chi connectivity index (χ3n) is 3.35. The van der Waals surface area contributed by atoms with Crippen molar-refractivity contribution in [1.82, 2.24) is 10.6 Å². The molecule has 4 N–H and O–H groups in total. The molecule has 1 saturated carbocycles. The average Bonchev–Trinajstić information content (AvgIpc) is 3.29. The summed E-state index contributed by atoms with van der Waals surface area (Å²) in [4.78, 5) is 15.8. The molecule has 0 spiro atoms. The molecule has 0 aliphatic heterocycles. The molecule has 0 atom stereocenters. The Labute approximate surface area is 160 Å². The lowest BCUT2D eigenvalue weighted by Crippen LogP contribution is -2.36. The number of nitrogens with one attached hydrogen (secondary N) is 2. The van der Waals surface area contributed by atoms with Crippen LogP contribution in [0, 0.1) is 0 Å². The second-order valence-corrected chi connectivity index (χ2v) is 6.09. The highest BCUT2D eigenvalue weighted by molar-refractivity contribution is 14.0. The average molecular weight is 446 g/mol. The third kappa shape index (κ3) is 8.37. The predicted octanol–water partition coefficient (Wildman–Crippen LogP) is 1.82. The SMILES string of the molecule is CC(C)NC(N)=NCCc1ccc(OCC(=O)NC2CC2)cc1.I. The van der Waals surface area contributed by atoms with Crippen molar-refractivity contribution in [3.8, 4) is 5.75 Å². The quantitative estimate of drug-likeness (QED) is 0.323. The molecular weight excluding hydrogens is 419 g/mol. The molecule has 0 aromatic heterocycles. The van der Waals surface area contributed by atoms with E-state index < -0.39 is 0 Å². The van der Waals surface area contributed by atoms with Crippen LogP contribution >= 0.6 is 24.0 Å². The van der Waals surface area contributed by atoms with Crippen molar-refractivity contribution < 1.29 is 9.53 Å². The number of hydrogen-bond donors (Lipinski definition) is 3. The van der Waals surface area contributed by atoms with Gasteiger partial charge < -0.3 is 21.1 Å². The van der Waals surface area contributed by atoms with Crippen LogP contribution in [-0.4, -0.2) is 37.1 Å². The van der Waals surface area contributed by atoms with Gasteiger partial charge in [-0.2, -0.15) is 0 Å². The minimum atomic E-state index is -0.0564. The van der Waals surface area contributed by atoms with Gasteiger partial charge in [-0.15, -0.1) is 24.0 Å². The van der Waals surface area contributed by atoms with Crippen molar-refractivity contribution >= 4 is 35.8 Å². The summed E-state index contributed by atoms with van der Waals surface area (Å²) in [5.74, 6) is 1.12. The van der Waals surface area contributed by atoms with Gasteiger partial charge in [0, 0.05) is 18.6 Å². The second-order valence-electron chi connectivity index (χ2n) is 6.09. The topological polar surface area (TPSA) is 88.7 Å². The fraction of sp³-hybridized carbons (Fsp3) is 0.529. The zero-order valence-corrected chi connectivity index (χ0v) is 16.6. The van der Waals surface area contributed by atoms with Gasteiger partial charge in [0.05, 0.1) is 0 Å². The number of carbonyl (C=O) groups is 1. The molecule has 1 aromatic rings. The van der Waals surface area contributed by atoms with Crippen LogP contribution in [0.5, 0.6) is 5.75 Å². The molecule has 0 heterocycles. The molecule has 1 aromatic carbocycles. The predicted molar refractivity (Wildman–Crippen MR) is 107 cm³/mol. The van der Waals surface area contributed by atoms with Gasteiger partial charge in [0.25, 0.3) is 5.91 Å². The summed E-state index contributed by atoms with van der Waals surface area (Å²) < 4.78 is 5.47. The van der Waals surface area contributed by atoms with Gasteiger partial charge in [-0.05, 0) is 50.8 Å². The van der Waals surface area contributed by atoms with Crippen molar-refractivity contribution in [3.05, 3.63) is 29.8 Å². The van der Waals surface area contributed by atoms with E-state index in [-0.39, 0.29) is 42.5 Å². The molecule has 0 saturated heterocycles. The maximum absolute atomic E-state index is 11.5. The number of amides is 1. The van der Waals surface area contributed by atoms with E-state index in [2.05, 4.69) is 15.6 Å². The van der Waals surface area contributed by atoms with E-state index in [1.54, 1.807) is 0 Å². The Morgan fingerprint density at radius 2 is 2.00 bits per heavy atom. The van der Waals surface area contributed by atoms with Gasteiger partial charge in [-0.25, -0.2) is 0 Å². The summed E-state index contributed by atoms with van der Waals surface area (Å²) in [5.41, 5.74) is 6.90. The molecule has 7 heteroatoms. The van der Waals surface area contributed by atoms with E-state index in [1.165, 1.54) is 0 Å². The van der Waals surface area contributed by atoms with E-state index in [1.807, 2.05) is 38.1 Å². The summed E-state index contributed by atoms with van der Waals surface area (Å²) in [5, 5.41) is 5.94. The van der Waals surface area contributed by atoms with E-state index in [0.29, 0.717) is 24.3 Å². The molecule has 134 valence electrons. The minimum Gasteiger partial charge on any atom is -0.484 e. The Balaban J connectivity index is 0.00000288. The van der Waals surface area contributed by atoms with Crippen molar-refractivity contribution in [2.24, 2.45) is 10.7 Å². The number of halogens is 1. The first-order valence-corrected chi connectivity index (χ1v) is 8.10. The largest absolute Gasteiger partial charge is 0.484 e. The number of ether oxygens (including phenoxy) is 1. The van der Waals surface area contributed by atoms with Crippen LogP contribution in [0.1, 0.15) is 32.3 Å². The summed E-state index contributed by atoms with van der Waals surface area (Å²) in [6.45, 7) is 4.74. The Kier molecular flexibility index (Phi) is 8.88. The maximum Gasteiger partial charge on any atom is 0.258 e. The van der Waals surface area contributed by atoms with Crippen LogP contribution in [0.4, 0.5) is 0 Å². The second kappa shape index (κ2) is 10.4. The number of nitrogens with zero attached hydrogens (tertiary/aromatic N) is 1. The summed E-state index contributed by atoms with van der Waals surface area (Å²) in [6, 6.07) is 8.36. The van der Waals surface area contributed by atoms with E-state index in [9.17, 15) is 4.79 Å². The number of aliphatic imine (C=N–C) groups is 1. The number of guanidine groups is 1. The minimum absolute atomic E-state index is 0. The Morgan fingerprint density at radius 3 is 2.58 bits per heavy atom. The monoisotopic (exact) mass is 446 g/mol. The van der Waals surface area contributed by atoms with Gasteiger partial charge >= 0.3 is 0 Å². The van der Waals surface area contributed by atoms with E-state index in [4.69, 9.17) is 10.5 Å². The Hall–Kier alpha value is -1.51. The van der Waals surface area contributed by atoms with Gasteiger partial charge in [-0.3, -0.25) is 9.79 Å². The van der Waals surface area contributed by atoms with Crippen LogP contribution < -0.4 is 21.1 Å². The smallest absolute Gasteiger partial charge is 0.258 e. The van der Waals surface area contributed by atoms with Crippen molar-refractivity contribution in [3.63, 3.8) is 0 Å². The highest BCUT2D eigenvalue weighted by Gasteiger charge is 2.23. The zero-order valence-electron chi connectivity index (χ0n) is 14.2. The Morgan fingerprint density at radius 1 is 1.33 bits per heavy atom. The molecule has 1 aliphatic carbocycles. The van der Waals surface area contributed by atoms with Gasteiger partial charge in [0.15, 0.2) is 12.6 Å². The number of nitrogens with two attached hydrogens (primary N) is 1. The fourth-order valence-corrected chi connectivity index (χ4v) is 2.05.